The molecular formula is C26H31F3N2O4. The van der Waals surface area contributed by atoms with Crippen LogP contribution in [0.3, 0.4) is 0 Å². The average Bonchev–Trinajstić information content (AvgIpc) is 2.79. The summed E-state index contributed by atoms with van der Waals surface area (Å²) in [7, 11) is 0. The van der Waals surface area contributed by atoms with Gasteiger partial charge in [-0.3, -0.25) is 4.79 Å². The molecule has 1 unspecified atom stereocenters. The minimum Gasteiger partial charge on any atom is -0.478 e. The molecule has 1 amide bonds. The van der Waals surface area contributed by atoms with Crippen molar-refractivity contribution in [3.8, 4) is 5.75 Å². The van der Waals surface area contributed by atoms with E-state index in [1.165, 1.54) is 19.9 Å². The van der Waals surface area contributed by atoms with Crippen LogP contribution in [0.15, 0.2) is 42.5 Å². The fourth-order valence-electron chi connectivity index (χ4n) is 4.03. The number of carbonyl (C=O) groups is 2. The summed E-state index contributed by atoms with van der Waals surface area (Å²) in [5.41, 5.74) is -0.701. The summed E-state index contributed by atoms with van der Waals surface area (Å²) in [6.07, 6.45) is -1.24. The fourth-order valence-corrected chi connectivity index (χ4v) is 4.03. The standard InChI is InChI=1S/C26H31F3N2O4/c1-17(15-18-7-10-20(11-8-18)35-25(2,3)24(33)34)30-23(32)21-12-9-19(26(27,28)29)16-22(21)31-13-5-4-6-14-31/h7-12,16-17H,4-6,13-15H2,1-3H3,(H,30,32)(H,33,34). The number of amides is 1. The number of anilines is 1. The van der Waals surface area contributed by atoms with Gasteiger partial charge in [0.05, 0.1) is 16.8 Å². The zero-order valence-electron chi connectivity index (χ0n) is 20.1. The summed E-state index contributed by atoms with van der Waals surface area (Å²) < 4.78 is 45.5. The summed E-state index contributed by atoms with van der Waals surface area (Å²) in [5.74, 6) is -1.09. The van der Waals surface area contributed by atoms with Gasteiger partial charge in [0.15, 0.2) is 5.60 Å². The first-order chi connectivity index (χ1) is 16.4. The lowest BCUT2D eigenvalue weighted by molar-refractivity contribution is -0.152. The number of carboxylic acid groups (broad SMARTS) is 1. The van der Waals surface area contributed by atoms with E-state index in [-0.39, 0.29) is 11.6 Å². The van der Waals surface area contributed by atoms with Gasteiger partial charge >= 0.3 is 12.1 Å². The third kappa shape index (κ3) is 6.90. The highest BCUT2D eigenvalue weighted by Crippen LogP contribution is 2.34. The van der Waals surface area contributed by atoms with Crippen molar-refractivity contribution in [1.29, 1.82) is 0 Å². The Labute approximate surface area is 203 Å². The zero-order chi connectivity index (χ0) is 25.8. The molecular weight excluding hydrogens is 461 g/mol. The first-order valence-corrected chi connectivity index (χ1v) is 11.7. The number of hydrogen-bond donors (Lipinski definition) is 2. The van der Waals surface area contributed by atoms with Crippen molar-refractivity contribution in [2.24, 2.45) is 0 Å². The zero-order valence-corrected chi connectivity index (χ0v) is 20.1. The van der Waals surface area contributed by atoms with Crippen LogP contribution in [-0.2, 0) is 17.4 Å². The Morgan fingerprint density at radius 3 is 2.26 bits per heavy atom. The van der Waals surface area contributed by atoms with Gasteiger partial charge in [-0.25, -0.2) is 4.79 Å². The molecule has 3 rings (SSSR count). The largest absolute Gasteiger partial charge is 0.478 e. The molecule has 35 heavy (non-hydrogen) atoms. The number of benzene rings is 2. The molecule has 1 aliphatic rings. The summed E-state index contributed by atoms with van der Waals surface area (Å²) in [5, 5.41) is 12.1. The van der Waals surface area contributed by atoms with E-state index in [9.17, 15) is 27.9 Å². The number of carboxylic acids is 1. The number of ether oxygens (including phenoxy) is 1. The number of halogens is 3. The Kier molecular flexibility index (Phi) is 7.97. The van der Waals surface area contributed by atoms with Crippen molar-refractivity contribution in [1.82, 2.24) is 5.32 Å². The number of nitrogens with one attached hydrogen (secondary N) is 1. The van der Waals surface area contributed by atoms with Crippen LogP contribution in [0, 0.1) is 0 Å². The molecule has 1 heterocycles. The van der Waals surface area contributed by atoms with Gasteiger partial charge in [0.2, 0.25) is 0 Å². The van der Waals surface area contributed by atoms with Crippen LogP contribution >= 0.6 is 0 Å². The van der Waals surface area contributed by atoms with Crippen LogP contribution in [0.25, 0.3) is 0 Å². The number of aliphatic carboxylic acids is 1. The third-order valence-corrected chi connectivity index (χ3v) is 6.00. The number of carbonyl (C=O) groups excluding carboxylic acids is 1. The maximum absolute atomic E-state index is 13.3. The number of nitrogens with zero attached hydrogens (tertiary/aromatic N) is 1. The van der Waals surface area contributed by atoms with Crippen molar-refractivity contribution in [3.05, 3.63) is 59.2 Å². The van der Waals surface area contributed by atoms with Crippen LogP contribution in [0.1, 0.15) is 61.5 Å². The van der Waals surface area contributed by atoms with Crippen LogP contribution in [0.4, 0.5) is 18.9 Å². The second kappa shape index (κ2) is 10.6. The lowest BCUT2D eigenvalue weighted by Crippen LogP contribution is -2.38. The topological polar surface area (TPSA) is 78.9 Å². The van der Waals surface area contributed by atoms with E-state index in [2.05, 4.69) is 5.32 Å². The Morgan fingerprint density at radius 1 is 1.06 bits per heavy atom. The Bertz CT molecular complexity index is 1050. The van der Waals surface area contributed by atoms with Crippen LogP contribution < -0.4 is 15.0 Å². The maximum atomic E-state index is 13.3. The van der Waals surface area contributed by atoms with E-state index in [4.69, 9.17) is 4.74 Å². The van der Waals surface area contributed by atoms with Gasteiger partial charge in [0.25, 0.3) is 5.91 Å². The van der Waals surface area contributed by atoms with Crippen LogP contribution in [-0.4, -0.2) is 41.7 Å². The van der Waals surface area contributed by atoms with E-state index >= 15 is 0 Å². The van der Waals surface area contributed by atoms with E-state index in [1.807, 2.05) is 11.8 Å². The number of piperidine rings is 1. The van der Waals surface area contributed by atoms with Gasteiger partial charge in [-0.15, -0.1) is 0 Å². The summed E-state index contributed by atoms with van der Waals surface area (Å²) in [6.45, 7) is 5.97. The predicted molar refractivity (Wildman–Crippen MR) is 127 cm³/mol. The normalized spacial score (nSPS) is 15.4. The molecule has 1 fully saturated rings. The lowest BCUT2D eigenvalue weighted by Gasteiger charge is -2.31. The highest BCUT2D eigenvalue weighted by atomic mass is 19.4. The van der Waals surface area contributed by atoms with Gasteiger partial charge in [0, 0.05) is 19.1 Å². The molecule has 2 N–H and O–H groups in total. The third-order valence-electron chi connectivity index (χ3n) is 6.00. The molecule has 0 spiro atoms. The van der Waals surface area contributed by atoms with Gasteiger partial charge in [0.1, 0.15) is 5.75 Å². The molecule has 0 saturated carbocycles. The molecule has 2 aromatic rings. The second-order valence-corrected chi connectivity index (χ2v) is 9.42. The Hall–Kier alpha value is -3.23. The SMILES string of the molecule is CC(Cc1ccc(OC(C)(C)C(=O)O)cc1)NC(=O)c1ccc(C(F)(F)F)cc1N1CCCCC1. The molecule has 2 aromatic carbocycles. The van der Waals surface area contributed by atoms with E-state index in [0.29, 0.717) is 30.9 Å². The highest BCUT2D eigenvalue weighted by molar-refractivity contribution is 6.00. The molecule has 1 aliphatic heterocycles. The van der Waals surface area contributed by atoms with E-state index in [0.717, 1.165) is 37.0 Å². The molecule has 6 nitrogen and oxygen atoms in total. The molecule has 0 aromatic heterocycles. The smallest absolute Gasteiger partial charge is 0.416 e. The van der Waals surface area contributed by atoms with Crippen LogP contribution in [0.5, 0.6) is 5.75 Å². The van der Waals surface area contributed by atoms with Gasteiger partial charge in [-0.1, -0.05) is 12.1 Å². The van der Waals surface area contributed by atoms with Gasteiger partial charge in [-0.2, -0.15) is 13.2 Å². The van der Waals surface area contributed by atoms with Crippen molar-refractivity contribution in [2.75, 3.05) is 18.0 Å². The Balaban J connectivity index is 1.70. The average molecular weight is 493 g/mol. The van der Waals surface area contributed by atoms with Gasteiger partial charge < -0.3 is 20.1 Å². The van der Waals surface area contributed by atoms with E-state index in [1.54, 1.807) is 24.3 Å². The monoisotopic (exact) mass is 492 g/mol. The Morgan fingerprint density at radius 2 is 1.69 bits per heavy atom. The number of rotatable bonds is 8. The summed E-state index contributed by atoms with van der Waals surface area (Å²) in [4.78, 5) is 26.1. The molecule has 0 bridgehead atoms. The predicted octanol–water partition coefficient (Wildman–Crippen LogP) is 5.30. The number of alkyl halides is 3. The quantitative estimate of drug-likeness (QED) is 0.523. The molecule has 1 atom stereocenters. The lowest BCUT2D eigenvalue weighted by atomic mass is 10.0. The van der Waals surface area contributed by atoms with Crippen LogP contribution in [0.2, 0.25) is 0 Å². The van der Waals surface area contributed by atoms with Crippen molar-refractivity contribution in [2.45, 2.75) is 64.3 Å². The minimum absolute atomic E-state index is 0.228. The van der Waals surface area contributed by atoms with Crippen molar-refractivity contribution < 1.29 is 32.6 Å². The van der Waals surface area contributed by atoms with Crippen molar-refractivity contribution in [3.63, 3.8) is 0 Å². The molecule has 190 valence electrons. The first-order valence-electron chi connectivity index (χ1n) is 11.7. The number of hydrogen-bond acceptors (Lipinski definition) is 4. The summed E-state index contributed by atoms with van der Waals surface area (Å²) in [6, 6.07) is 9.89. The molecule has 0 radical (unpaired) electrons. The minimum atomic E-state index is -4.48. The molecule has 9 heteroatoms. The molecule has 1 saturated heterocycles. The molecule has 0 aliphatic carbocycles. The van der Waals surface area contributed by atoms with Gasteiger partial charge in [-0.05, 0) is 82.3 Å². The van der Waals surface area contributed by atoms with E-state index < -0.39 is 29.2 Å². The second-order valence-electron chi connectivity index (χ2n) is 9.42. The highest BCUT2D eigenvalue weighted by Gasteiger charge is 2.33. The summed E-state index contributed by atoms with van der Waals surface area (Å²) >= 11 is 0. The fraction of sp³-hybridized carbons (Fsp3) is 0.462. The maximum Gasteiger partial charge on any atom is 0.416 e. The first kappa shape index (κ1) is 26.4. The van der Waals surface area contributed by atoms with Crippen molar-refractivity contribution >= 4 is 17.6 Å².